The van der Waals surface area contributed by atoms with Gasteiger partial charge in [-0.1, -0.05) is 0 Å². The summed E-state index contributed by atoms with van der Waals surface area (Å²) < 4.78 is 28.5. The van der Waals surface area contributed by atoms with Gasteiger partial charge in [0.15, 0.2) is 5.76 Å². The van der Waals surface area contributed by atoms with Gasteiger partial charge in [0.1, 0.15) is 0 Å². The normalized spacial score (nSPS) is 18.0. The van der Waals surface area contributed by atoms with Crippen molar-refractivity contribution < 1.29 is 17.6 Å². The summed E-state index contributed by atoms with van der Waals surface area (Å²) in [7, 11) is -3.67. The molecule has 1 amide bonds. The van der Waals surface area contributed by atoms with Gasteiger partial charge in [0.25, 0.3) is 16.1 Å². The molecule has 2 N–H and O–H groups in total. The third-order valence-corrected chi connectivity index (χ3v) is 4.03. The lowest BCUT2D eigenvalue weighted by Gasteiger charge is -2.32. The van der Waals surface area contributed by atoms with Crippen LogP contribution in [0.4, 0.5) is 0 Å². The van der Waals surface area contributed by atoms with E-state index in [9.17, 15) is 13.2 Å². The topological polar surface area (TPSA) is 96.8 Å². The largest absolute Gasteiger partial charge is 0.459 e. The van der Waals surface area contributed by atoms with Gasteiger partial charge in [-0.2, -0.15) is 12.7 Å². The van der Waals surface area contributed by atoms with Gasteiger partial charge in [-0.3, -0.25) is 4.79 Å². The SMILES string of the molecule is Cc1ccoc1C(=O)N1CCN(S(N)(=O)=O)CC1. The number of rotatable bonds is 2. The number of nitrogens with two attached hydrogens (primary N) is 1. The van der Waals surface area contributed by atoms with E-state index in [1.165, 1.54) is 6.26 Å². The van der Waals surface area contributed by atoms with Crippen molar-refractivity contribution in [2.24, 2.45) is 5.14 Å². The van der Waals surface area contributed by atoms with Crippen molar-refractivity contribution in [2.45, 2.75) is 6.92 Å². The zero-order chi connectivity index (χ0) is 13.3. The lowest BCUT2D eigenvalue weighted by atomic mass is 10.2. The van der Waals surface area contributed by atoms with Crippen LogP contribution in [-0.2, 0) is 10.2 Å². The number of piperazine rings is 1. The van der Waals surface area contributed by atoms with Crippen molar-refractivity contribution in [1.29, 1.82) is 0 Å². The van der Waals surface area contributed by atoms with Gasteiger partial charge in [0.05, 0.1) is 6.26 Å². The second-order valence-electron chi connectivity index (χ2n) is 4.17. The molecular formula is C10H15N3O4S. The van der Waals surface area contributed by atoms with E-state index in [0.29, 0.717) is 18.8 Å². The molecule has 1 aromatic heterocycles. The Balaban J connectivity index is 2.03. The molecule has 1 aromatic rings. The van der Waals surface area contributed by atoms with Gasteiger partial charge < -0.3 is 9.32 Å². The fourth-order valence-electron chi connectivity index (χ4n) is 1.88. The monoisotopic (exact) mass is 273 g/mol. The first-order valence-corrected chi connectivity index (χ1v) is 7.01. The molecule has 7 nitrogen and oxygen atoms in total. The van der Waals surface area contributed by atoms with Crippen LogP contribution in [0.15, 0.2) is 16.7 Å². The minimum atomic E-state index is -3.67. The van der Waals surface area contributed by atoms with Crippen molar-refractivity contribution >= 4 is 16.1 Å². The molecule has 0 bridgehead atoms. The maximum absolute atomic E-state index is 12.1. The predicted octanol–water partition coefficient (Wildman–Crippen LogP) is -0.451. The summed E-state index contributed by atoms with van der Waals surface area (Å²) >= 11 is 0. The van der Waals surface area contributed by atoms with Crippen LogP contribution in [-0.4, -0.2) is 49.7 Å². The summed E-state index contributed by atoms with van der Waals surface area (Å²) in [5.41, 5.74) is 0.772. The fourth-order valence-corrected chi connectivity index (χ4v) is 2.55. The maximum Gasteiger partial charge on any atom is 0.289 e. The van der Waals surface area contributed by atoms with Gasteiger partial charge in [0.2, 0.25) is 0 Å². The molecule has 0 aliphatic carbocycles. The van der Waals surface area contributed by atoms with Gasteiger partial charge in [-0.25, -0.2) is 5.14 Å². The smallest absolute Gasteiger partial charge is 0.289 e. The zero-order valence-electron chi connectivity index (χ0n) is 10.00. The second kappa shape index (κ2) is 4.71. The molecule has 2 heterocycles. The molecule has 1 aliphatic heterocycles. The number of carbonyl (C=O) groups is 1. The van der Waals surface area contributed by atoms with Crippen molar-refractivity contribution in [3.8, 4) is 0 Å². The Bertz CT molecular complexity index is 543. The number of furan rings is 1. The summed E-state index contributed by atoms with van der Waals surface area (Å²) in [6.45, 7) is 2.84. The number of hydrogen-bond donors (Lipinski definition) is 1. The molecule has 0 spiro atoms. The van der Waals surface area contributed by atoms with Crippen LogP contribution in [0.5, 0.6) is 0 Å². The molecule has 1 fully saturated rings. The summed E-state index contributed by atoms with van der Waals surface area (Å²) in [6, 6.07) is 1.72. The van der Waals surface area contributed by atoms with Crippen molar-refractivity contribution in [3.05, 3.63) is 23.7 Å². The average Bonchev–Trinajstić information content (AvgIpc) is 2.73. The second-order valence-corrected chi connectivity index (χ2v) is 5.72. The first-order valence-electron chi connectivity index (χ1n) is 5.51. The van der Waals surface area contributed by atoms with Crippen LogP contribution in [0.25, 0.3) is 0 Å². The summed E-state index contributed by atoms with van der Waals surface area (Å²) in [5, 5.41) is 5.03. The molecule has 18 heavy (non-hydrogen) atoms. The molecule has 1 saturated heterocycles. The fraction of sp³-hybridized carbons (Fsp3) is 0.500. The molecule has 100 valence electrons. The van der Waals surface area contributed by atoms with Crippen LogP contribution in [0.1, 0.15) is 16.1 Å². The standard InChI is InChI=1S/C10H15N3O4S/c1-8-2-7-17-9(8)10(14)12-3-5-13(6-4-12)18(11,15)16/h2,7H,3-6H2,1H3,(H2,11,15,16). The highest BCUT2D eigenvalue weighted by Gasteiger charge is 2.28. The van der Waals surface area contributed by atoms with E-state index in [0.717, 1.165) is 9.87 Å². The summed E-state index contributed by atoms with van der Waals surface area (Å²) in [4.78, 5) is 13.6. The minimum absolute atomic E-state index is 0.213. The van der Waals surface area contributed by atoms with Crippen LogP contribution in [0.2, 0.25) is 0 Å². The van der Waals surface area contributed by atoms with E-state index in [-0.39, 0.29) is 19.0 Å². The highest BCUT2D eigenvalue weighted by atomic mass is 32.2. The number of nitrogens with zero attached hydrogens (tertiary/aromatic N) is 2. The quantitative estimate of drug-likeness (QED) is 0.789. The van der Waals surface area contributed by atoms with Gasteiger partial charge >= 0.3 is 0 Å². The van der Waals surface area contributed by atoms with Crippen LogP contribution in [0, 0.1) is 6.92 Å². The Morgan fingerprint density at radius 2 is 1.94 bits per heavy atom. The van der Waals surface area contributed by atoms with E-state index >= 15 is 0 Å². The van der Waals surface area contributed by atoms with E-state index in [1.807, 2.05) is 0 Å². The van der Waals surface area contributed by atoms with Gasteiger partial charge in [-0.05, 0) is 13.0 Å². The van der Waals surface area contributed by atoms with E-state index in [4.69, 9.17) is 9.56 Å². The van der Waals surface area contributed by atoms with Crippen LogP contribution < -0.4 is 5.14 Å². The molecule has 2 rings (SSSR count). The predicted molar refractivity (Wildman–Crippen MR) is 64.0 cm³/mol. The van der Waals surface area contributed by atoms with Gasteiger partial charge in [-0.15, -0.1) is 0 Å². The maximum atomic E-state index is 12.1. The average molecular weight is 273 g/mol. The molecule has 0 unspecified atom stereocenters. The van der Waals surface area contributed by atoms with Crippen molar-refractivity contribution in [1.82, 2.24) is 9.21 Å². The van der Waals surface area contributed by atoms with E-state index < -0.39 is 10.2 Å². The Morgan fingerprint density at radius 3 is 2.39 bits per heavy atom. The lowest BCUT2D eigenvalue weighted by Crippen LogP contribution is -2.52. The first-order chi connectivity index (χ1) is 8.39. The molecular weight excluding hydrogens is 258 g/mol. The molecule has 8 heteroatoms. The van der Waals surface area contributed by atoms with Crippen LogP contribution in [0.3, 0.4) is 0 Å². The number of aryl methyl sites for hydroxylation is 1. The summed E-state index contributed by atoms with van der Waals surface area (Å²) in [6.07, 6.45) is 1.46. The Labute approximate surface area is 105 Å². The van der Waals surface area contributed by atoms with E-state index in [2.05, 4.69) is 0 Å². The Hall–Kier alpha value is -1.38. The third kappa shape index (κ3) is 2.55. The van der Waals surface area contributed by atoms with Crippen LogP contribution >= 0.6 is 0 Å². The zero-order valence-corrected chi connectivity index (χ0v) is 10.8. The molecule has 0 radical (unpaired) electrons. The molecule has 0 atom stereocenters. The summed E-state index contributed by atoms with van der Waals surface area (Å²) in [5.74, 6) is 0.0885. The minimum Gasteiger partial charge on any atom is -0.459 e. The number of carbonyl (C=O) groups excluding carboxylic acids is 1. The number of hydrogen-bond acceptors (Lipinski definition) is 4. The van der Waals surface area contributed by atoms with Gasteiger partial charge in [0, 0.05) is 31.7 Å². The molecule has 1 aliphatic rings. The third-order valence-electron chi connectivity index (χ3n) is 2.94. The highest BCUT2D eigenvalue weighted by Crippen LogP contribution is 2.14. The molecule has 0 saturated carbocycles. The van der Waals surface area contributed by atoms with Crippen molar-refractivity contribution in [3.63, 3.8) is 0 Å². The van der Waals surface area contributed by atoms with E-state index in [1.54, 1.807) is 17.9 Å². The Morgan fingerprint density at radius 1 is 1.33 bits per heavy atom. The highest BCUT2D eigenvalue weighted by molar-refractivity contribution is 7.86. The van der Waals surface area contributed by atoms with Crippen molar-refractivity contribution in [2.75, 3.05) is 26.2 Å². The number of amides is 1. The first kappa shape index (κ1) is 13.1. The Kier molecular flexibility index (Phi) is 3.42. The molecule has 0 aromatic carbocycles. The lowest BCUT2D eigenvalue weighted by molar-refractivity contribution is 0.0665.